The number of hydrogen-bond donors (Lipinski definition) is 0. The molecule has 0 aliphatic carbocycles. The van der Waals surface area contributed by atoms with Crippen molar-refractivity contribution in [3.8, 4) is 0 Å². The molecule has 0 spiro atoms. The molecule has 0 aliphatic rings. The van der Waals surface area contributed by atoms with Gasteiger partial charge in [-0.15, -0.1) is 0 Å². The summed E-state index contributed by atoms with van der Waals surface area (Å²) < 4.78 is 9.31. The molecule has 0 bridgehead atoms. The quantitative estimate of drug-likeness (QED) is 0.373. The van der Waals surface area contributed by atoms with E-state index in [1.165, 1.54) is 22.3 Å². The zero-order valence-corrected chi connectivity index (χ0v) is 21.9. The van der Waals surface area contributed by atoms with Gasteiger partial charge in [0, 0.05) is 14.2 Å². The van der Waals surface area contributed by atoms with Crippen LogP contribution in [0.25, 0.3) is 0 Å². The number of rotatable bonds is 3. The second-order valence-electron chi connectivity index (χ2n) is 4.71. The summed E-state index contributed by atoms with van der Waals surface area (Å²) in [5.74, 6) is 0. The van der Waals surface area contributed by atoms with Gasteiger partial charge >= 0.3 is 103 Å². The second kappa shape index (κ2) is 19.2. The largest absolute Gasteiger partial charge is 1.00 e. The molecule has 2 rings (SSSR count). The molecule has 2 aromatic carbocycles. The van der Waals surface area contributed by atoms with Crippen molar-refractivity contribution < 1.29 is 112 Å². The molecule has 22 heavy (non-hydrogen) atoms. The van der Waals surface area contributed by atoms with Crippen LogP contribution >= 0.6 is 0 Å². The predicted octanol–water partition coefficient (Wildman–Crippen LogP) is -1.67. The molecular formula is C18H28K2O2-4. The average molecular weight is 355 g/mol. The number of aryl methyl sites for hydroxylation is 2. The van der Waals surface area contributed by atoms with Gasteiger partial charge in [0.15, 0.2) is 0 Å². The Bertz CT molecular complexity index is 390. The van der Waals surface area contributed by atoms with E-state index in [4.69, 9.17) is 0 Å². The zero-order valence-electron chi connectivity index (χ0n) is 15.7. The van der Waals surface area contributed by atoms with Crippen molar-refractivity contribution >= 4 is 0 Å². The van der Waals surface area contributed by atoms with E-state index < -0.39 is 0 Å². The fourth-order valence-corrected chi connectivity index (χ4v) is 1.62. The van der Waals surface area contributed by atoms with Crippen molar-refractivity contribution in [1.29, 1.82) is 0 Å². The predicted molar refractivity (Wildman–Crippen MR) is 86.8 cm³/mol. The van der Waals surface area contributed by atoms with E-state index in [1.807, 2.05) is 30.3 Å². The first-order valence-corrected chi connectivity index (χ1v) is 6.89. The van der Waals surface area contributed by atoms with Gasteiger partial charge in [-0.25, -0.2) is 6.07 Å². The van der Waals surface area contributed by atoms with Crippen LogP contribution in [0, 0.1) is 27.7 Å². The molecule has 4 heteroatoms. The number of ether oxygens (including phenoxy) is 2. The van der Waals surface area contributed by atoms with E-state index in [1.54, 1.807) is 14.2 Å². The second-order valence-corrected chi connectivity index (χ2v) is 4.71. The standard InChI is InChI=1S/C9H13.C5H5.C4H10O2.2K/c1-6-5-7(2)9(4)8(6)3;1-2-4-5-3-1;1-5-3-4-6-2;;/h5H,1-4H3;1-5H;3-4H2,1-2H3;;/q-1;-5;;2*+1. The smallest absolute Gasteiger partial charge is 0.748 e. The van der Waals surface area contributed by atoms with Gasteiger partial charge in [-0.3, -0.25) is 0 Å². The first-order chi connectivity index (χ1) is 9.54. The van der Waals surface area contributed by atoms with Gasteiger partial charge in [0.2, 0.25) is 0 Å². The van der Waals surface area contributed by atoms with Crippen molar-refractivity contribution in [2.24, 2.45) is 0 Å². The van der Waals surface area contributed by atoms with Gasteiger partial charge in [-0.1, -0.05) is 27.7 Å². The molecule has 0 saturated heterocycles. The normalized spacial score (nSPS) is 8.45. The molecule has 0 unspecified atom stereocenters. The van der Waals surface area contributed by atoms with Gasteiger partial charge in [-0.2, -0.15) is 22.3 Å². The topological polar surface area (TPSA) is 18.5 Å². The zero-order chi connectivity index (χ0) is 15.4. The molecule has 0 fully saturated rings. The molecule has 0 radical (unpaired) electrons. The minimum absolute atomic E-state index is 0. The first kappa shape index (κ1) is 28.7. The minimum Gasteiger partial charge on any atom is -0.748 e. The van der Waals surface area contributed by atoms with Crippen LogP contribution in [0.5, 0.6) is 0 Å². The minimum atomic E-state index is 0. The van der Waals surface area contributed by atoms with Crippen molar-refractivity contribution in [2.45, 2.75) is 27.7 Å². The summed E-state index contributed by atoms with van der Waals surface area (Å²) in [6.45, 7) is 10.1. The Hall–Kier alpha value is 1.89. The van der Waals surface area contributed by atoms with Crippen molar-refractivity contribution in [3.63, 3.8) is 0 Å². The first-order valence-electron chi connectivity index (χ1n) is 6.89. The van der Waals surface area contributed by atoms with Gasteiger partial charge in [-0.05, 0) is 0 Å². The Morgan fingerprint density at radius 2 is 1.23 bits per heavy atom. The molecule has 0 aromatic heterocycles. The van der Waals surface area contributed by atoms with Crippen molar-refractivity contribution in [2.75, 3.05) is 27.4 Å². The molecule has 0 amide bonds. The van der Waals surface area contributed by atoms with Crippen molar-refractivity contribution in [1.82, 2.24) is 0 Å². The molecule has 0 N–H and O–H groups in total. The van der Waals surface area contributed by atoms with E-state index >= 15 is 0 Å². The molecule has 0 atom stereocenters. The third-order valence-corrected chi connectivity index (χ3v) is 3.23. The van der Waals surface area contributed by atoms with E-state index in [-0.39, 0.29) is 103 Å². The van der Waals surface area contributed by atoms with Crippen LogP contribution in [0.4, 0.5) is 0 Å². The summed E-state index contributed by atoms with van der Waals surface area (Å²) in [6, 6.07) is 12.2. The van der Waals surface area contributed by atoms with Crippen LogP contribution in [0.3, 0.4) is 0 Å². The number of hydrogen-bond acceptors (Lipinski definition) is 2. The van der Waals surface area contributed by atoms with Crippen LogP contribution in [-0.2, 0) is 9.47 Å². The third-order valence-electron chi connectivity index (χ3n) is 3.23. The summed E-state index contributed by atoms with van der Waals surface area (Å²) in [5, 5.41) is 0. The van der Waals surface area contributed by atoms with E-state index in [0.29, 0.717) is 13.2 Å². The van der Waals surface area contributed by atoms with Crippen LogP contribution in [0.1, 0.15) is 22.3 Å². The molecule has 118 valence electrons. The van der Waals surface area contributed by atoms with Gasteiger partial charge in [0.05, 0.1) is 13.2 Å². The summed E-state index contributed by atoms with van der Waals surface area (Å²) >= 11 is 0. The molecule has 2 nitrogen and oxygen atoms in total. The maximum absolute atomic E-state index is 4.66. The van der Waals surface area contributed by atoms with Gasteiger partial charge < -0.3 is 39.8 Å². The van der Waals surface area contributed by atoms with Crippen LogP contribution in [0.2, 0.25) is 0 Å². The maximum Gasteiger partial charge on any atom is 1.00 e. The van der Waals surface area contributed by atoms with Gasteiger partial charge in [0.1, 0.15) is 0 Å². The van der Waals surface area contributed by atoms with Crippen LogP contribution < -0.4 is 103 Å². The SMILES string of the molecule is COCCOC.Cc1cc(C)[c-](C)c1C.[K+].[K+].[cH-]1[cH-][cH-][cH-][cH-]1. The summed E-state index contributed by atoms with van der Waals surface area (Å²) in [5.41, 5.74) is 5.75. The Kier molecular flexibility index (Phi) is 25.1. The van der Waals surface area contributed by atoms with E-state index in [0.717, 1.165) is 0 Å². The molecular weight excluding hydrogens is 326 g/mol. The fourth-order valence-electron chi connectivity index (χ4n) is 1.62. The molecule has 0 heterocycles. The molecule has 0 saturated carbocycles. The van der Waals surface area contributed by atoms with Crippen molar-refractivity contribution in [3.05, 3.63) is 58.7 Å². The fraction of sp³-hybridized carbons (Fsp3) is 0.444. The number of methoxy groups -OCH3 is 2. The summed E-state index contributed by atoms with van der Waals surface area (Å²) in [7, 11) is 3.30. The average Bonchev–Trinajstić information content (AvgIpc) is 3.08. The summed E-state index contributed by atoms with van der Waals surface area (Å²) in [4.78, 5) is 0. The molecule has 2 aromatic rings. The third kappa shape index (κ3) is 14.3. The Morgan fingerprint density at radius 3 is 1.36 bits per heavy atom. The maximum atomic E-state index is 4.66. The van der Waals surface area contributed by atoms with Crippen LogP contribution in [-0.4, -0.2) is 27.4 Å². The summed E-state index contributed by atoms with van der Waals surface area (Å²) in [6.07, 6.45) is 0. The molecule has 0 aliphatic heterocycles. The Labute approximate surface area is 221 Å². The van der Waals surface area contributed by atoms with Gasteiger partial charge in [0.25, 0.3) is 0 Å². The van der Waals surface area contributed by atoms with Crippen LogP contribution in [0.15, 0.2) is 36.4 Å². The monoisotopic (exact) mass is 354 g/mol. The van der Waals surface area contributed by atoms with E-state index in [9.17, 15) is 0 Å². The van der Waals surface area contributed by atoms with E-state index in [2.05, 4.69) is 43.2 Å². The Morgan fingerprint density at radius 1 is 0.864 bits per heavy atom. The Balaban J connectivity index is -0.000000247.